The van der Waals surface area contributed by atoms with Crippen LogP contribution in [0.4, 0.5) is 18.9 Å². The van der Waals surface area contributed by atoms with E-state index < -0.39 is 17.9 Å². The van der Waals surface area contributed by atoms with E-state index >= 15 is 0 Å². The number of benzene rings is 2. The highest BCUT2D eigenvalue weighted by molar-refractivity contribution is 9.10. The minimum Gasteiger partial charge on any atom is -0.457 e. The van der Waals surface area contributed by atoms with Gasteiger partial charge in [0.05, 0.1) is 11.7 Å². The molecule has 1 aliphatic heterocycles. The van der Waals surface area contributed by atoms with E-state index in [4.69, 9.17) is 4.74 Å². The number of carbonyl (C=O) groups excluding carboxylic acids is 1. The quantitative estimate of drug-likeness (QED) is 0.553. The third-order valence-electron chi connectivity index (χ3n) is 4.32. The fourth-order valence-corrected chi connectivity index (χ4v) is 3.49. The summed E-state index contributed by atoms with van der Waals surface area (Å²) in [6.07, 6.45) is -4.81. The number of ether oxygens (including phenoxy) is 1. The predicted molar refractivity (Wildman–Crippen MR) is 105 cm³/mol. The number of halogens is 4. The van der Waals surface area contributed by atoms with Gasteiger partial charge in [-0.2, -0.15) is 18.3 Å². The summed E-state index contributed by atoms with van der Waals surface area (Å²) >= 11 is 3.39. The number of anilines is 1. The molecule has 0 amide bonds. The number of hydrazone groups is 1. The molecule has 28 heavy (non-hydrogen) atoms. The van der Waals surface area contributed by atoms with Gasteiger partial charge in [-0.05, 0) is 61.9 Å². The normalized spacial score (nSPS) is 16.9. The van der Waals surface area contributed by atoms with E-state index in [-0.39, 0.29) is 18.6 Å². The Balaban J connectivity index is 1.82. The number of Topliss-reactive ketones (excluding diaryl/α,β-unsaturated/α-hetero) is 1. The number of nitrogens with zero attached hydrogens (tertiary/aromatic N) is 2. The van der Waals surface area contributed by atoms with Gasteiger partial charge in [0.25, 0.3) is 0 Å². The molecule has 0 N–H and O–H groups in total. The Kier molecular flexibility index (Phi) is 5.79. The van der Waals surface area contributed by atoms with Crippen LogP contribution in [0.15, 0.2) is 52.0 Å². The standard InChI is InChI=1S/C20H18BrF3N2O2/c1-12-9-14(21)3-8-18(12)28-17-6-4-15(5-7-17)26-16(10-13(2)27)11-19(25-26)20(22,23)24/h3-9,16H,10-11H2,1-2H3. The zero-order valence-electron chi connectivity index (χ0n) is 15.3. The molecule has 0 bridgehead atoms. The fraction of sp³-hybridized carbons (Fsp3) is 0.300. The van der Waals surface area contributed by atoms with Crippen LogP contribution in [0, 0.1) is 6.92 Å². The van der Waals surface area contributed by atoms with Crippen molar-refractivity contribution in [1.82, 2.24) is 0 Å². The minimum atomic E-state index is -4.51. The smallest absolute Gasteiger partial charge is 0.431 e. The van der Waals surface area contributed by atoms with Crippen LogP contribution in [0.2, 0.25) is 0 Å². The lowest BCUT2D eigenvalue weighted by Crippen LogP contribution is -2.29. The molecule has 0 aliphatic carbocycles. The maximum atomic E-state index is 13.1. The first kappa shape index (κ1) is 20.4. The SMILES string of the molecule is CC(=O)CC1CC(C(F)(F)F)=NN1c1ccc(Oc2ccc(Br)cc2C)cc1. The van der Waals surface area contributed by atoms with Crippen LogP contribution < -0.4 is 9.75 Å². The lowest BCUT2D eigenvalue weighted by Gasteiger charge is -2.23. The van der Waals surface area contributed by atoms with Crippen molar-refractivity contribution in [3.05, 3.63) is 52.5 Å². The first-order valence-corrected chi connectivity index (χ1v) is 9.40. The molecular weight excluding hydrogens is 437 g/mol. The molecule has 2 aromatic carbocycles. The predicted octanol–water partition coefficient (Wildman–Crippen LogP) is 6.03. The van der Waals surface area contributed by atoms with Gasteiger partial charge >= 0.3 is 6.18 Å². The van der Waals surface area contributed by atoms with Crippen LogP contribution in [-0.4, -0.2) is 23.7 Å². The molecule has 3 rings (SSSR count). The van der Waals surface area contributed by atoms with Crippen LogP contribution in [0.3, 0.4) is 0 Å². The molecule has 4 nitrogen and oxygen atoms in total. The van der Waals surface area contributed by atoms with Gasteiger partial charge in [0.1, 0.15) is 23.0 Å². The molecule has 0 spiro atoms. The van der Waals surface area contributed by atoms with Crippen LogP contribution in [0.1, 0.15) is 25.3 Å². The number of hydrogen-bond acceptors (Lipinski definition) is 4. The highest BCUT2D eigenvalue weighted by Gasteiger charge is 2.43. The van der Waals surface area contributed by atoms with Crippen molar-refractivity contribution in [2.75, 3.05) is 5.01 Å². The molecule has 0 aromatic heterocycles. The molecule has 0 radical (unpaired) electrons. The average molecular weight is 455 g/mol. The topological polar surface area (TPSA) is 41.9 Å². The number of alkyl halides is 3. The Bertz CT molecular complexity index is 911. The first-order valence-electron chi connectivity index (χ1n) is 8.61. The minimum absolute atomic E-state index is 0.000576. The fourth-order valence-electron chi connectivity index (χ4n) is 3.01. The van der Waals surface area contributed by atoms with E-state index in [1.165, 1.54) is 11.9 Å². The van der Waals surface area contributed by atoms with Gasteiger partial charge in [0, 0.05) is 17.3 Å². The van der Waals surface area contributed by atoms with Gasteiger partial charge in [-0.3, -0.25) is 9.80 Å². The van der Waals surface area contributed by atoms with Crippen molar-refractivity contribution in [3.63, 3.8) is 0 Å². The van der Waals surface area contributed by atoms with E-state index in [9.17, 15) is 18.0 Å². The lowest BCUT2D eigenvalue weighted by atomic mass is 10.0. The number of aryl methyl sites for hydroxylation is 1. The summed E-state index contributed by atoms with van der Waals surface area (Å²) in [6.45, 7) is 3.28. The molecule has 2 aromatic rings. The number of rotatable bonds is 5. The lowest BCUT2D eigenvalue weighted by molar-refractivity contribution is -0.117. The zero-order chi connectivity index (χ0) is 20.5. The molecular formula is C20H18BrF3N2O2. The van der Waals surface area contributed by atoms with Gasteiger partial charge in [0.2, 0.25) is 0 Å². The molecule has 148 valence electrons. The second-order valence-electron chi connectivity index (χ2n) is 6.66. The van der Waals surface area contributed by atoms with Crippen LogP contribution in [0.25, 0.3) is 0 Å². The summed E-state index contributed by atoms with van der Waals surface area (Å²) in [6, 6.07) is 11.6. The zero-order valence-corrected chi connectivity index (χ0v) is 16.8. The van der Waals surface area contributed by atoms with E-state index in [1.807, 2.05) is 25.1 Å². The maximum Gasteiger partial charge on any atom is 0.431 e. The number of hydrogen-bond donors (Lipinski definition) is 0. The van der Waals surface area contributed by atoms with Crippen molar-refractivity contribution >= 4 is 33.1 Å². The molecule has 1 unspecified atom stereocenters. The molecule has 0 saturated heterocycles. The van der Waals surface area contributed by atoms with Crippen LogP contribution in [-0.2, 0) is 4.79 Å². The first-order chi connectivity index (χ1) is 13.1. The summed E-state index contributed by atoms with van der Waals surface area (Å²) in [4.78, 5) is 11.5. The van der Waals surface area contributed by atoms with Gasteiger partial charge in [-0.15, -0.1) is 0 Å². The Morgan fingerprint density at radius 1 is 1.25 bits per heavy atom. The third kappa shape index (κ3) is 4.73. The van der Waals surface area contributed by atoms with Gasteiger partial charge in [-0.25, -0.2) is 0 Å². The van der Waals surface area contributed by atoms with Crippen molar-refractivity contribution < 1.29 is 22.7 Å². The molecule has 8 heteroatoms. The van der Waals surface area contributed by atoms with Crippen LogP contribution >= 0.6 is 15.9 Å². The van der Waals surface area contributed by atoms with Gasteiger partial charge < -0.3 is 4.74 Å². The van der Waals surface area contributed by atoms with E-state index in [0.29, 0.717) is 17.2 Å². The Labute approximate surface area is 169 Å². The maximum absolute atomic E-state index is 13.1. The second-order valence-corrected chi connectivity index (χ2v) is 7.57. The van der Waals surface area contributed by atoms with E-state index in [2.05, 4.69) is 21.0 Å². The van der Waals surface area contributed by atoms with E-state index in [1.54, 1.807) is 24.3 Å². The Hall–Kier alpha value is -2.35. The monoisotopic (exact) mass is 454 g/mol. The average Bonchev–Trinajstić information content (AvgIpc) is 3.01. The van der Waals surface area contributed by atoms with Crippen molar-refractivity contribution in [2.24, 2.45) is 5.10 Å². The van der Waals surface area contributed by atoms with Gasteiger partial charge in [-0.1, -0.05) is 15.9 Å². The largest absolute Gasteiger partial charge is 0.457 e. The summed E-state index contributed by atoms with van der Waals surface area (Å²) in [7, 11) is 0. The molecule has 1 atom stereocenters. The van der Waals surface area contributed by atoms with Crippen molar-refractivity contribution in [1.29, 1.82) is 0 Å². The summed E-state index contributed by atoms with van der Waals surface area (Å²) in [5.41, 5.74) is 0.550. The summed E-state index contributed by atoms with van der Waals surface area (Å²) in [5, 5.41) is 5.00. The van der Waals surface area contributed by atoms with Crippen molar-refractivity contribution in [3.8, 4) is 11.5 Å². The van der Waals surface area contributed by atoms with E-state index in [0.717, 1.165) is 10.0 Å². The third-order valence-corrected chi connectivity index (χ3v) is 4.81. The second kappa shape index (κ2) is 7.95. The number of carbonyl (C=O) groups is 1. The van der Waals surface area contributed by atoms with Crippen molar-refractivity contribution in [2.45, 2.75) is 38.9 Å². The molecule has 1 heterocycles. The Morgan fingerprint density at radius 2 is 1.93 bits per heavy atom. The van der Waals surface area contributed by atoms with Gasteiger partial charge in [0.15, 0.2) is 0 Å². The Morgan fingerprint density at radius 3 is 2.50 bits per heavy atom. The summed E-state index contributed by atoms with van der Waals surface area (Å²) < 4.78 is 46.0. The van der Waals surface area contributed by atoms with Crippen LogP contribution in [0.5, 0.6) is 11.5 Å². The number of ketones is 1. The summed E-state index contributed by atoms with van der Waals surface area (Å²) in [5.74, 6) is 1.06. The molecule has 0 fully saturated rings. The highest BCUT2D eigenvalue weighted by Crippen LogP contribution is 2.34. The highest BCUT2D eigenvalue weighted by atomic mass is 79.9. The molecule has 1 aliphatic rings. The molecule has 0 saturated carbocycles.